The SMILES string of the molecule is CNC[C@@H]1OCCCC[C@H](C)Oc2ccc(NC(=O)Nc3c(C)noc3C)cc2C(=O)N([C@@H](C)CO)C[C@H]1C. The number of aromatic nitrogens is 1. The van der Waals surface area contributed by atoms with Crippen molar-refractivity contribution >= 4 is 23.3 Å². The van der Waals surface area contributed by atoms with Gasteiger partial charge in [-0.25, -0.2) is 4.79 Å². The van der Waals surface area contributed by atoms with Crippen molar-refractivity contribution in [1.82, 2.24) is 15.4 Å². The molecule has 3 amide bonds. The van der Waals surface area contributed by atoms with E-state index in [0.29, 0.717) is 53.8 Å². The largest absolute Gasteiger partial charge is 0.490 e. The summed E-state index contributed by atoms with van der Waals surface area (Å²) in [4.78, 5) is 28.4. The fourth-order valence-electron chi connectivity index (χ4n) is 4.63. The third kappa shape index (κ3) is 8.17. The minimum absolute atomic E-state index is 0.00349. The summed E-state index contributed by atoms with van der Waals surface area (Å²) in [6.45, 7) is 10.8. The lowest BCUT2D eigenvalue weighted by molar-refractivity contribution is -0.000451. The number of carbonyl (C=O) groups excluding carboxylic acids is 2. The summed E-state index contributed by atoms with van der Waals surface area (Å²) in [5.41, 5.74) is 1.79. The predicted molar refractivity (Wildman–Crippen MR) is 149 cm³/mol. The van der Waals surface area contributed by atoms with Gasteiger partial charge >= 0.3 is 6.03 Å². The van der Waals surface area contributed by atoms with Crippen LogP contribution in [0.15, 0.2) is 22.7 Å². The zero-order valence-electron chi connectivity index (χ0n) is 23.9. The molecule has 1 aliphatic rings. The van der Waals surface area contributed by atoms with Gasteiger partial charge in [-0.3, -0.25) is 4.79 Å². The van der Waals surface area contributed by atoms with Gasteiger partial charge in [0.05, 0.1) is 30.4 Å². The Kier molecular flexibility index (Phi) is 11.1. The first kappa shape index (κ1) is 30.4. The van der Waals surface area contributed by atoms with Crippen molar-refractivity contribution in [2.24, 2.45) is 5.92 Å². The van der Waals surface area contributed by atoms with Gasteiger partial charge in [0.25, 0.3) is 5.91 Å². The molecule has 1 aromatic heterocycles. The number of carbonyl (C=O) groups is 2. The lowest BCUT2D eigenvalue weighted by atomic mass is 10.0. The van der Waals surface area contributed by atoms with Crippen LogP contribution < -0.4 is 20.7 Å². The summed E-state index contributed by atoms with van der Waals surface area (Å²) in [6, 6.07) is 4.10. The highest BCUT2D eigenvalue weighted by Crippen LogP contribution is 2.29. The van der Waals surface area contributed by atoms with Gasteiger partial charge in [-0.05, 0) is 72.2 Å². The van der Waals surface area contributed by atoms with Crippen LogP contribution in [0.2, 0.25) is 0 Å². The van der Waals surface area contributed by atoms with Gasteiger partial charge in [0.1, 0.15) is 17.1 Å². The number of fused-ring (bicyclic) bond motifs is 1. The van der Waals surface area contributed by atoms with Gasteiger partial charge in [-0.15, -0.1) is 0 Å². The first-order chi connectivity index (χ1) is 18.6. The molecule has 0 unspecified atom stereocenters. The molecule has 0 aliphatic carbocycles. The Bertz CT molecular complexity index is 1090. The number of hydrogen-bond donors (Lipinski definition) is 4. The molecule has 216 valence electrons. The molecule has 0 spiro atoms. The van der Waals surface area contributed by atoms with E-state index in [1.54, 1.807) is 36.9 Å². The van der Waals surface area contributed by atoms with Gasteiger partial charge in [-0.1, -0.05) is 12.1 Å². The van der Waals surface area contributed by atoms with Crippen molar-refractivity contribution in [3.63, 3.8) is 0 Å². The summed E-state index contributed by atoms with van der Waals surface area (Å²) in [7, 11) is 1.88. The molecule has 4 N–H and O–H groups in total. The number of amides is 3. The summed E-state index contributed by atoms with van der Waals surface area (Å²) in [6.07, 6.45) is 2.43. The molecule has 0 saturated carbocycles. The molecule has 0 radical (unpaired) electrons. The predicted octanol–water partition coefficient (Wildman–Crippen LogP) is 3.95. The highest BCUT2D eigenvalue weighted by molar-refractivity contribution is 6.03. The Morgan fingerprint density at radius 3 is 2.67 bits per heavy atom. The first-order valence-corrected chi connectivity index (χ1v) is 13.6. The number of ether oxygens (including phenoxy) is 2. The van der Waals surface area contributed by atoms with E-state index < -0.39 is 12.1 Å². The zero-order valence-corrected chi connectivity index (χ0v) is 23.9. The van der Waals surface area contributed by atoms with Crippen LogP contribution in [0.25, 0.3) is 0 Å². The molecule has 11 heteroatoms. The standard InChI is InChI=1S/C28H43N5O6/c1-17-15-33(18(2)16-34)27(35)23-13-22(30-28(36)31-26-20(4)32-39-21(26)5)10-11-24(23)38-19(3)9-7-8-12-37-25(17)14-29-6/h10-11,13,17-19,25,29,34H,7-9,12,14-16H2,1-6H3,(H2,30,31,36)/t17-,18+,19+,25+/m1/s1. The Hall–Kier alpha value is -3.15. The average Bonchev–Trinajstić information content (AvgIpc) is 3.22. The van der Waals surface area contributed by atoms with Gasteiger partial charge in [0.15, 0.2) is 5.76 Å². The molecule has 0 bridgehead atoms. The van der Waals surface area contributed by atoms with Crippen LogP contribution in [0.5, 0.6) is 5.75 Å². The second-order valence-electron chi connectivity index (χ2n) is 10.3. The Morgan fingerprint density at radius 1 is 1.23 bits per heavy atom. The molecular weight excluding hydrogens is 502 g/mol. The van der Waals surface area contributed by atoms with E-state index in [2.05, 4.69) is 28.0 Å². The maximum absolute atomic E-state index is 14.0. The number of likely N-dealkylation sites (N-methyl/N-ethyl adjacent to an activating group) is 1. The molecule has 4 atom stereocenters. The average molecular weight is 546 g/mol. The molecule has 3 rings (SSSR count). The monoisotopic (exact) mass is 545 g/mol. The molecule has 1 aliphatic heterocycles. The van der Waals surface area contributed by atoms with Crippen LogP contribution in [0, 0.1) is 19.8 Å². The van der Waals surface area contributed by atoms with Gasteiger partial charge in [0, 0.05) is 31.3 Å². The molecule has 0 fully saturated rings. The highest BCUT2D eigenvalue weighted by Gasteiger charge is 2.29. The van der Waals surface area contributed by atoms with Crippen LogP contribution >= 0.6 is 0 Å². The van der Waals surface area contributed by atoms with E-state index in [1.807, 2.05) is 20.9 Å². The van der Waals surface area contributed by atoms with Crippen LogP contribution in [-0.4, -0.2) is 78.7 Å². The van der Waals surface area contributed by atoms with E-state index >= 15 is 0 Å². The Balaban J connectivity index is 1.94. The van der Waals surface area contributed by atoms with Crippen molar-refractivity contribution in [2.45, 2.75) is 72.1 Å². The van der Waals surface area contributed by atoms with Crippen molar-refractivity contribution in [3.8, 4) is 5.75 Å². The molecule has 2 aromatic rings. The summed E-state index contributed by atoms with van der Waals surface area (Å²) in [5, 5.41) is 22.6. The Morgan fingerprint density at radius 2 is 2.00 bits per heavy atom. The zero-order chi connectivity index (χ0) is 28.5. The minimum Gasteiger partial charge on any atom is -0.490 e. The molecular formula is C28H43N5O6. The lowest BCUT2D eigenvalue weighted by Crippen LogP contribution is -2.47. The summed E-state index contributed by atoms with van der Waals surface area (Å²) >= 11 is 0. The van der Waals surface area contributed by atoms with Crippen LogP contribution in [0.3, 0.4) is 0 Å². The quantitative estimate of drug-likeness (QED) is 0.428. The van der Waals surface area contributed by atoms with E-state index in [4.69, 9.17) is 14.0 Å². The van der Waals surface area contributed by atoms with E-state index in [0.717, 1.165) is 19.3 Å². The van der Waals surface area contributed by atoms with Crippen LogP contribution in [-0.2, 0) is 4.74 Å². The summed E-state index contributed by atoms with van der Waals surface area (Å²) < 4.78 is 17.5. The number of aryl methyl sites for hydroxylation is 2. The van der Waals surface area contributed by atoms with Crippen molar-refractivity contribution in [3.05, 3.63) is 35.2 Å². The maximum atomic E-state index is 14.0. The normalized spacial score (nSPS) is 21.9. The molecule has 39 heavy (non-hydrogen) atoms. The van der Waals surface area contributed by atoms with Gasteiger partial charge in [0.2, 0.25) is 0 Å². The highest BCUT2D eigenvalue weighted by atomic mass is 16.5. The summed E-state index contributed by atoms with van der Waals surface area (Å²) in [5.74, 6) is 0.643. The number of rotatable bonds is 6. The number of anilines is 2. The number of hydrogen-bond acceptors (Lipinski definition) is 8. The number of aliphatic hydroxyl groups excluding tert-OH is 1. The number of benzene rings is 1. The first-order valence-electron chi connectivity index (χ1n) is 13.6. The second kappa shape index (κ2) is 14.3. The second-order valence-corrected chi connectivity index (χ2v) is 10.3. The van der Waals surface area contributed by atoms with Gasteiger partial charge < -0.3 is 40.0 Å². The Labute approximate surface area is 230 Å². The molecule has 1 aromatic carbocycles. The fourth-order valence-corrected chi connectivity index (χ4v) is 4.63. The number of aliphatic hydroxyl groups is 1. The molecule has 0 saturated heterocycles. The van der Waals surface area contributed by atoms with Crippen molar-refractivity contribution in [2.75, 3.05) is 44.0 Å². The minimum atomic E-state index is -0.492. The molecule has 11 nitrogen and oxygen atoms in total. The third-order valence-corrected chi connectivity index (χ3v) is 6.99. The van der Waals surface area contributed by atoms with Crippen molar-refractivity contribution in [1.29, 1.82) is 0 Å². The number of nitrogens with zero attached hydrogens (tertiary/aromatic N) is 2. The van der Waals surface area contributed by atoms with E-state index in [-0.39, 0.29) is 30.6 Å². The van der Waals surface area contributed by atoms with Crippen LogP contribution in [0.4, 0.5) is 16.2 Å². The number of nitrogens with one attached hydrogen (secondary N) is 3. The maximum Gasteiger partial charge on any atom is 0.323 e. The third-order valence-electron chi connectivity index (χ3n) is 6.99. The number of urea groups is 1. The van der Waals surface area contributed by atoms with E-state index in [1.165, 1.54) is 0 Å². The fraction of sp³-hybridized carbons (Fsp3) is 0.607. The molecule has 2 heterocycles. The van der Waals surface area contributed by atoms with Gasteiger partial charge in [-0.2, -0.15) is 0 Å². The lowest BCUT2D eigenvalue weighted by Gasteiger charge is -2.34. The smallest absolute Gasteiger partial charge is 0.323 e. The van der Waals surface area contributed by atoms with Crippen molar-refractivity contribution < 1.29 is 28.7 Å². The topological polar surface area (TPSA) is 138 Å². The van der Waals surface area contributed by atoms with Crippen LogP contribution in [0.1, 0.15) is 61.8 Å². The van der Waals surface area contributed by atoms with E-state index in [9.17, 15) is 14.7 Å².